The number of rotatable bonds is 7. The van der Waals surface area contributed by atoms with Crippen LogP contribution in [0, 0.1) is 39.0 Å². The molecule has 0 radical (unpaired) electrons. The standard InChI is InChI=1S/C36H32N4O4S2/c1-7-44-35(42)30-31(24-12-9-8-10-13-24)38-36-40(32(30)25-14-11-15-27(17-25)43-6)33(41)29(46-36)18-26-16-20(2)39(22(26)4)34-28(19-37)21(3)23(5)45-34/h8-18,32H,7H2,1-6H3/b29-18+/t32-/m1/s1. The minimum Gasteiger partial charge on any atom is -0.497 e. The average molecular weight is 649 g/mol. The van der Waals surface area contributed by atoms with Crippen molar-refractivity contribution < 1.29 is 14.3 Å². The number of fused-ring (bicyclic) bond motifs is 1. The third kappa shape index (κ3) is 5.21. The highest BCUT2D eigenvalue weighted by Crippen LogP contribution is 2.37. The normalized spacial score (nSPS) is 14.5. The molecular weight excluding hydrogens is 617 g/mol. The topological polar surface area (TPSA) is 98.6 Å². The molecule has 5 aromatic rings. The number of carbonyl (C=O) groups is 1. The lowest BCUT2D eigenvalue weighted by Crippen LogP contribution is -2.40. The largest absolute Gasteiger partial charge is 0.497 e. The average Bonchev–Trinajstić information content (AvgIpc) is 3.64. The van der Waals surface area contributed by atoms with Crippen LogP contribution in [0.15, 0.2) is 76.0 Å². The van der Waals surface area contributed by atoms with E-state index in [1.165, 1.54) is 11.3 Å². The zero-order chi connectivity index (χ0) is 32.7. The molecule has 0 fully saturated rings. The van der Waals surface area contributed by atoms with Gasteiger partial charge in [0.05, 0.1) is 41.1 Å². The third-order valence-corrected chi connectivity index (χ3v) is 10.4. The lowest BCUT2D eigenvalue weighted by atomic mass is 9.93. The number of methoxy groups -OCH3 is 1. The molecule has 0 aliphatic carbocycles. The highest BCUT2D eigenvalue weighted by Gasteiger charge is 2.35. The molecule has 1 atom stereocenters. The quantitative estimate of drug-likeness (QED) is 0.205. The maximum atomic E-state index is 14.4. The molecule has 1 aliphatic rings. The van der Waals surface area contributed by atoms with Crippen LogP contribution in [0.25, 0.3) is 16.8 Å². The van der Waals surface area contributed by atoms with Crippen molar-refractivity contribution in [2.45, 2.75) is 40.7 Å². The van der Waals surface area contributed by atoms with E-state index in [-0.39, 0.29) is 17.7 Å². The summed E-state index contributed by atoms with van der Waals surface area (Å²) >= 11 is 2.86. The lowest BCUT2D eigenvalue weighted by molar-refractivity contribution is -0.138. The van der Waals surface area contributed by atoms with Crippen LogP contribution in [-0.4, -0.2) is 28.8 Å². The van der Waals surface area contributed by atoms with E-state index in [0.29, 0.717) is 31.9 Å². The van der Waals surface area contributed by atoms with Crippen molar-refractivity contribution >= 4 is 40.4 Å². The fraction of sp³-hybridized carbons (Fsp3) is 0.222. The number of hydrogen-bond acceptors (Lipinski definition) is 8. The predicted octanol–water partition coefficient (Wildman–Crippen LogP) is 5.90. The van der Waals surface area contributed by atoms with Crippen LogP contribution < -0.4 is 19.6 Å². The summed E-state index contributed by atoms with van der Waals surface area (Å²) < 4.78 is 15.2. The van der Waals surface area contributed by atoms with Gasteiger partial charge in [0.15, 0.2) is 4.80 Å². The first-order valence-electron chi connectivity index (χ1n) is 14.8. The number of thiophene rings is 1. The molecule has 4 heterocycles. The van der Waals surface area contributed by atoms with E-state index < -0.39 is 12.0 Å². The van der Waals surface area contributed by atoms with Crippen molar-refractivity contribution in [2.24, 2.45) is 4.99 Å². The van der Waals surface area contributed by atoms with Gasteiger partial charge in [-0.2, -0.15) is 5.26 Å². The van der Waals surface area contributed by atoms with E-state index >= 15 is 0 Å². The number of thiazole rings is 1. The van der Waals surface area contributed by atoms with Gasteiger partial charge in [-0.1, -0.05) is 53.8 Å². The van der Waals surface area contributed by atoms with Crippen LogP contribution in [0.5, 0.6) is 5.75 Å². The molecule has 0 bridgehead atoms. The number of carbonyl (C=O) groups excluding carboxylic acids is 1. The third-order valence-electron chi connectivity index (χ3n) is 8.22. The summed E-state index contributed by atoms with van der Waals surface area (Å²) in [4.78, 5) is 34.6. The van der Waals surface area contributed by atoms with Gasteiger partial charge in [0.2, 0.25) is 0 Å². The maximum Gasteiger partial charge on any atom is 0.338 e. The second-order valence-corrected chi connectivity index (χ2v) is 13.2. The SMILES string of the molecule is CCOC(=O)C1=C(c2ccccc2)N=c2s/c(=C/c3cc(C)n(-c4sc(C)c(C)c4C#N)c3C)c(=O)n2[C@@H]1c1cccc(OC)c1. The van der Waals surface area contributed by atoms with Crippen molar-refractivity contribution in [1.82, 2.24) is 9.13 Å². The Morgan fingerprint density at radius 3 is 2.52 bits per heavy atom. The van der Waals surface area contributed by atoms with Crippen LogP contribution in [0.1, 0.15) is 57.0 Å². The van der Waals surface area contributed by atoms with E-state index in [2.05, 4.69) is 10.6 Å². The lowest BCUT2D eigenvalue weighted by Gasteiger charge is -2.26. The number of ether oxygens (including phenoxy) is 2. The van der Waals surface area contributed by atoms with Crippen molar-refractivity contribution in [2.75, 3.05) is 13.7 Å². The first-order chi connectivity index (χ1) is 22.2. The summed E-state index contributed by atoms with van der Waals surface area (Å²) in [6.45, 7) is 9.91. The molecule has 0 saturated heterocycles. The summed E-state index contributed by atoms with van der Waals surface area (Å²) in [7, 11) is 1.58. The van der Waals surface area contributed by atoms with Gasteiger partial charge in [0, 0.05) is 21.8 Å². The van der Waals surface area contributed by atoms with Crippen LogP contribution in [0.3, 0.4) is 0 Å². The first-order valence-corrected chi connectivity index (χ1v) is 16.4. The number of aryl methyl sites for hydroxylation is 2. The monoisotopic (exact) mass is 648 g/mol. The molecule has 10 heteroatoms. The summed E-state index contributed by atoms with van der Waals surface area (Å²) in [6.07, 6.45) is 1.88. The van der Waals surface area contributed by atoms with Gasteiger partial charge in [0.25, 0.3) is 5.56 Å². The van der Waals surface area contributed by atoms with E-state index in [9.17, 15) is 14.9 Å². The summed E-state index contributed by atoms with van der Waals surface area (Å²) in [5, 5.41) is 10.8. The number of aromatic nitrogens is 2. The number of benzene rings is 2. The van der Waals surface area contributed by atoms with Gasteiger partial charge < -0.3 is 14.0 Å². The Morgan fingerprint density at radius 1 is 1.07 bits per heavy atom. The molecule has 8 nitrogen and oxygen atoms in total. The minimum atomic E-state index is -0.801. The highest BCUT2D eigenvalue weighted by molar-refractivity contribution is 7.15. The van der Waals surface area contributed by atoms with Gasteiger partial charge in [-0.05, 0) is 75.6 Å². The van der Waals surface area contributed by atoms with Gasteiger partial charge >= 0.3 is 5.97 Å². The van der Waals surface area contributed by atoms with Gasteiger partial charge in [-0.3, -0.25) is 9.36 Å². The molecule has 0 N–H and O–H groups in total. The summed E-state index contributed by atoms with van der Waals surface area (Å²) in [5.41, 5.74) is 6.30. The number of hydrogen-bond donors (Lipinski definition) is 0. The highest BCUT2D eigenvalue weighted by atomic mass is 32.1. The van der Waals surface area contributed by atoms with Crippen LogP contribution in [0.4, 0.5) is 0 Å². The van der Waals surface area contributed by atoms with E-state index in [0.717, 1.165) is 38.0 Å². The number of esters is 1. The second kappa shape index (κ2) is 12.4. The Hall–Kier alpha value is -4.98. The predicted molar refractivity (Wildman–Crippen MR) is 181 cm³/mol. The maximum absolute atomic E-state index is 14.4. The molecule has 46 heavy (non-hydrogen) atoms. The van der Waals surface area contributed by atoms with Crippen LogP contribution in [-0.2, 0) is 9.53 Å². The van der Waals surface area contributed by atoms with Gasteiger partial charge in [-0.25, -0.2) is 9.79 Å². The molecular formula is C36H32N4O4S2. The number of nitriles is 1. The van der Waals surface area contributed by atoms with E-state index in [1.54, 1.807) is 29.9 Å². The Balaban J connectivity index is 1.61. The van der Waals surface area contributed by atoms with Gasteiger partial charge in [0.1, 0.15) is 16.8 Å². The van der Waals surface area contributed by atoms with Crippen LogP contribution in [0.2, 0.25) is 0 Å². The van der Waals surface area contributed by atoms with E-state index in [1.807, 2.05) is 94.4 Å². The molecule has 1 aliphatic heterocycles. The molecule has 0 unspecified atom stereocenters. The number of nitrogens with zero attached hydrogens (tertiary/aromatic N) is 4. The molecule has 0 saturated carbocycles. The minimum absolute atomic E-state index is 0.173. The zero-order valence-electron chi connectivity index (χ0n) is 26.4. The molecule has 232 valence electrons. The molecule has 0 amide bonds. The van der Waals surface area contributed by atoms with Crippen LogP contribution >= 0.6 is 22.7 Å². The fourth-order valence-corrected chi connectivity index (χ4v) is 8.06. The first kappa shape index (κ1) is 31.0. The second-order valence-electron chi connectivity index (χ2n) is 10.9. The van der Waals surface area contributed by atoms with Crippen molar-refractivity contribution in [1.29, 1.82) is 5.26 Å². The smallest absolute Gasteiger partial charge is 0.338 e. The fourth-order valence-electron chi connectivity index (χ4n) is 5.85. The zero-order valence-corrected chi connectivity index (χ0v) is 28.0. The Bertz CT molecular complexity index is 2260. The molecule has 3 aromatic heterocycles. The summed E-state index contributed by atoms with van der Waals surface area (Å²) in [6, 6.07) is 20.4. The Morgan fingerprint density at radius 2 is 1.83 bits per heavy atom. The van der Waals surface area contributed by atoms with Gasteiger partial charge in [-0.15, -0.1) is 11.3 Å². The van der Waals surface area contributed by atoms with Crippen molar-refractivity contribution in [3.8, 4) is 16.8 Å². The Kier molecular flexibility index (Phi) is 8.38. The molecule has 2 aromatic carbocycles. The Labute approximate surface area is 274 Å². The molecule has 6 rings (SSSR count). The summed E-state index contributed by atoms with van der Waals surface area (Å²) in [5.74, 6) is 0.0647. The van der Waals surface area contributed by atoms with Crippen molar-refractivity contribution in [3.05, 3.63) is 130 Å². The van der Waals surface area contributed by atoms with E-state index in [4.69, 9.17) is 14.5 Å². The van der Waals surface area contributed by atoms with Crippen molar-refractivity contribution in [3.63, 3.8) is 0 Å². The molecule has 0 spiro atoms.